The number of aromatic amines is 1. The molecule has 2 heterocycles. The lowest BCUT2D eigenvalue weighted by atomic mass is 10.1. The summed E-state index contributed by atoms with van der Waals surface area (Å²) in [7, 11) is 3.57. The number of halogens is 1. The largest absolute Gasteiger partial charge is 0.323 e. The average molecular weight is 335 g/mol. The molecule has 0 radical (unpaired) electrons. The summed E-state index contributed by atoms with van der Waals surface area (Å²) in [5.41, 5.74) is 3.47. The second kappa shape index (κ2) is 6.80. The maximum absolute atomic E-state index is 12.6. The Hall–Kier alpha value is -2.38. The molecule has 0 bridgehead atoms. The molecular formula is C15H19ClN6O. The van der Waals surface area contributed by atoms with Crippen molar-refractivity contribution in [3.8, 4) is 0 Å². The van der Waals surface area contributed by atoms with Gasteiger partial charge in [-0.2, -0.15) is 10.2 Å². The molecule has 2 aromatic heterocycles. The lowest BCUT2D eigenvalue weighted by Gasteiger charge is -2.15. The van der Waals surface area contributed by atoms with E-state index >= 15 is 0 Å². The van der Waals surface area contributed by atoms with Crippen molar-refractivity contribution in [3.63, 3.8) is 0 Å². The first kappa shape index (κ1) is 17.0. The molecule has 122 valence electrons. The second-order valence-corrected chi connectivity index (χ2v) is 5.25. The number of carbonyl (C=O) groups is 1. The van der Waals surface area contributed by atoms with Crippen LogP contribution in [0.3, 0.4) is 0 Å². The van der Waals surface area contributed by atoms with Gasteiger partial charge in [0.15, 0.2) is 0 Å². The van der Waals surface area contributed by atoms with Crippen LogP contribution in [0.5, 0.6) is 0 Å². The van der Waals surface area contributed by atoms with E-state index < -0.39 is 6.04 Å². The fourth-order valence-corrected chi connectivity index (χ4v) is 2.52. The summed E-state index contributed by atoms with van der Waals surface area (Å²) in [5, 5.41) is 18.1. The lowest BCUT2D eigenvalue weighted by molar-refractivity contribution is -0.118. The summed E-state index contributed by atoms with van der Waals surface area (Å²) < 4.78 is 1.67. The molecular weight excluding hydrogens is 316 g/mol. The van der Waals surface area contributed by atoms with E-state index in [4.69, 9.17) is 0 Å². The van der Waals surface area contributed by atoms with Crippen LogP contribution in [-0.4, -0.2) is 32.9 Å². The van der Waals surface area contributed by atoms with Gasteiger partial charge in [-0.15, -0.1) is 12.4 Å². The summed E-state index contributed by atoms with van der Waals surface area (Å²) >= 11 is 0. The maximum Gasteiger partial charge on any atom is 0.246 e. The summed E-state index contributed by atoms with van der Waals surface area (Å²) in [6.45, 7) is 2.01. The van der Waals surface area contributed by atoms with Crippen LogP contribution in [0.2, 0.25) is 0 Å². The number of benzene rings is 1. The van der Waals surface area contributed by atoms with E-state index in [2.05, 4.69) is 25.9 Å². The average Bonchev–Trinajstić information content (AvgIpc) is 3.13. The molecule has 3 N–H and O–H groups in total. The van der Waals surface area contributed by atoms with Crippen molar-refractivity contribution >= 4 is 34.9 Å². The van der Waals surface area contributed by atoms with Gasteiger partial charge >= 0.3 is 0 Å². The second-order valence-electron chi connectivity index (χ2n) is 5.25. The van der Waals surface area contributed by atoms with Gasteiger partial charge in [-0.3, -0.25) is 14.6 Å². The molecule has 7 nitrogen and oxygen atoms in total. The molecule has 8 heteroatoms. The number of hydrogen-bond donors (Lipinski definition) is 3. The van der Waals surface area contributed by atoms with Crippen molar-refractivity contribution in [1.82, 2.24) is 25.3 Å². The molecule has 0 aliphatic carbocycles. The van der Waals surface area contributed by atoms with Crippen molar-refractivity contribution in [1.29, 1.82) is 0 Å². The molecule has 1 aromatic carbocycles. The Balaban J connectivity index is 0.00000192. The van der Waals surface area contributed by atoms with Gasteiger partial charge in [-0.25, -0.2) is 0 Å². The molecule has 3 aromatic rings. The zero-order valence-corrected chi connectivity index (χ0v) is 13.9. The standard InChI is InChI=1S/C15H18N6O.ClH/c1-9-4-5-12(14-11(9)7-17-20-14)19-15(22)13(16-2)10-6-18-21(3)8-10;/h4-8,13,16H,1-3H3,(H,17,20)(H,19,22);1H. The Labute approximate surface area is 139 Å². The highest BCUT2D eigenvalue weighted by Gasteiger charge is 2.21. The number of carbonyl (C=O) groups excluding carboxylic acids is 1. The molecule has 1 atom stereocenters. The van der Waals surface area contributed by atoms with Crippen molar-refractivity contribution in [2.45, 2.75) is 13.0 Å². The summed E-state index contributed by atoms with van der Waals surface area (Å²) in [6.07, 6.45) is 5.26. The van der Waals surface area contributed by atoms with E-state index in [0.29, 0.717) is 5.69 Å². The Morgan fingerprint density at radius 2 is 2.13 bits per heavy atom. The van der Waals surface area contributed by atoms with E-state index in [1.54, 1.807) is 24.1 Å². The number of aryl methyl sites for hydroxylation is 2. The summed E-state index contributed by atoms with van der Waals surface area (Å²) in [4.78, 5) is 12.6. The van der Waals surface area contributed by atoms with Crippen LogP contribution in [-0.2, 0) is 11.8 Å². The van der Waals surface area contributed by atoms with Crippen LogP contribution in [0.4, 0.5) is 5.69 Å². The van der Waals surface area contributed by atoms with Crippen molar-refractivity contribution in [2.75, 3.05) is 12.4 Å². The third-order valence-electron chi connectivity index (χ3n) is 3.70. The van der Waals surface area contributed by atoms with E-state index in [1.807, 2.05) is 32.3 Å². The number of nitrogens with one attached hydrogen (secondary N) is 3. The van der Waals surface area contributed by atoms with Gasteiger partial charge in [0.05, 0.1) is 23.6 Å². The van der Waals surface area contributed by atoms with Crippen LogP contribution < -0.4 is 10.6 Å². The highest BCUT2D eigenvalue weighted by Crippen LogP contribution is 2.25. The Kier molecular flexibility index (Phi) is 5.02. The molecule has 3 rings (SSSR count). The number of nitrogens with zero attached hydrogens (tertiary/aromatic N) is 3. The van der Waals surface area contributed by atoms with Gasteiger partial charge in [0.25, 0.3) is 0 Å². The van der Waals surface area contributed by atoms with Crippen LogP contribution in [0.15, 0.2) is 30.7 Å². The van der Waals surface area contributed by atoms with Gasteiger partial charge in [0.1, 0.15) is 6.04 Å². The lowest BCUT2D eigenvalue weighted by Crippen LogP contribution is -2.30. The predicted molar refractivity (Wildman–Crippen MR) is 91.7 cm³/mol. The molecule has 0 aliphatic heterocycles. The van der Waals surface area contributed by atoms with E-state index in [1.165, 1.54) is 0 Å². The molecule has 0 saturated heterocycles. The maximum atomic E-state index is 12.6. The fourth-order valence-electron chi connectivity index (χ4n) is 2.52. The Morgan fingerprint density at radius 1 is 1.35 bits per heavy atom. The van der Waals surface area contributed by atoms with Crippen LogP contribution in [0.1, 0.15) is 17.2 Å². The first-order valence-corrected chi connectivity index (χ1v) is 6.99. The fraction of sp³-hybridized carbons (Fsp3) is 0.267. The molecule has 0 spiro atoms. The van der Waals surface area contributed by atoms with Crippen LogP contribution in [0, 0.1) is 6.92 Å². The zero-order valence-electron chi connectivity index (χ0n) is 13.1. The number of fused-ring (bicyclic) bond motifs is 1. The van der Waals surface area contributed by atoms with Crippen molar-refractivity contribution < 1.29 is 4.79 Å². The number of hydrogen-bond acceptors (Lipinski definition) is 4. The van der Waals surface area contributed by atoms with Gasteiger partial charge in [-0.1, -0.05) is 6.07 Å². The normalized spacial score (nSPS) is 12.0. The van der Waals surface area contributed by atoms with E-state index in [-0.39, 0.29) is 18.3 Å². The quantitative estimate of drug-likeness (QED) is 0.680. The number of likely N-dealkylation sites (N-methyl/N-ethyl adjacent to an activating group) is 1. The number of H-pyrrole nitrogens is 1. The van der Waals surface area contributed by atoms with Crippen LogP contribution >= 0.6 is 12.4 Å². The van der Waals surface area contributed by atoms with Gasteiger partial charge in [-0.05, 0) is 25.6 Å². The minimum atomic E-state index is -0.465. The van der Waals surface area contributed by atoms with Gasteiger partial charge in [0, 0.05) is 24.2 Å². The third-order valence-corrected chi connectivity index (χ3v) is 3.70. The zero-order chi connectivity index (χ0) is 15.7. The van der Waals surface area contributed by atoms with E-state index in [9.17, 15) is 4.79 Å². The monoisotopic (exact) mass is 334 g/mol. The highest BCUT2D eigenvalue weighted by molar-refractivity contribution is 6.03. The smallest absolute Gasteiger partial charge is 0.246 e. The number of anilines is 1. The van der Waals surface area contributed by atoms with Crippen molar-refractivity contribution in [2.24, 2.45) is 7.05 Å². The predicted octanol–water partition coefficient (Wildman–Crippen LogP) is 1.93. The SMILES string of the molecule is CNC(C(=O)Nc1ccc(C)c2cn[nH]c12)c1cnn(C)c1.Cl. The number of aromatic nitrogens is 4. The molecule has 0 saturated carbocycles. The molecule has 0 fully saturated rings. The highest BCUT2D eigenvalue weighted by atomic mass is 35.5. The first-order valence-electron chi connectivity index (χ1n) is 6.99. The Morgan fingerprint density at radius 3 is 2.78 bits per heavy atom. The minimum Gasteiger partial charge on any atom is -0.323 e. The number of amides is 1. The molecule has 1 unspecified atom stereocenters. The Bertz CT molecular complexity index is 824. The van der Waals surface area contributed by atoms with E-state index in [0.717, 1.165) is 22.0 Å². The molecule has 23 heavy (non-hydrogen) atoms. The minimum absolute atomic E-state index is 0. The van der Waals surface area contributed by atoms with Gasteiger partial charge in [0.2, 0.25) is 5.91 Å². The molecule has 1 amide bonds. The summed E-state index contributed by atoms with van der Waals surface area (Å²) in [6, 6.07) is 3.38. The first-order chi connectivity index (χ1) is 10.6. The third kappa shape index (κ3) is 3.20. The number of rotatable bonds is 4. The molecule has 0 aliphatic rings. The van der Waals surface area contributed by atoms with Crippen molar-refractivity contribution in [3.05, 3.63) is 41.9 Å². The van der Waals surface area contributed by atoms with Crippen LogP contribution in [0.25, 0.3) is 10.9 Å². The van der Waals surface area contributed by atoms with Gasteiger partial charge < -0.3 is 10.6 Å². The summed E-state index contributed by atoms with van der Waals surface area (Å²) in [5.74, 6) is -0.143. The topological polar surface area (TPSA) is 87.6 Å².